The number of morpholine rings is 1. The zero-order valence-corrected chi connectivity index (χ0v) is 20.4. The summed E-state index contributed by atoms with van der Waals surface area (Å²) in [6.07, 6.45) is 0.842. The molecular weight excluding hydrogens is 452 g/mol. The summed E-state index contributed by atoms with van der Waals surface area (Å²) in [5.74, 6) is 0.0486. The number of ether oxygens (including phenoxy) is 3. The second-order valence-corrected chi connectivity index (χ2v) is 8.62. The monoisotopic (exact) mass is 484 g/mol. The average Bonchev–Trinajstić information content (AvgIpc) is 3.42. The van der Waals surface area contributed by atoms with E-state index in [1.807, 2.05) is 6.92 Å². The lowest BCUT2D eigenvalue weighted by molar-refractivity contribution is -0.129. The summed E-state index contributed by atoms with van der Waals surface area (Å²) < 4.78 is 22.3. The van der Waals surface area contributed by atoms with Crippen LogP contribution in [0.2, 0.25) is 0 Å². The molecule has 1 amide bonds. The van der Waals surface area contributed by atoms with E-state index in [1.165, 1.54) is 4.90 Å². The fourth-order valence-corrected chi connectivity index (χ4v) is 4.41. The normalized spacial score (nSPS) is 18.9. The van der Waals surface area contributed by atoms with Crippen LogP contribution < -0.4 is 9.47 Å². The standard InChI is InChI=1S/C26H32N2O7/c1-4-13-34-19-8-6-18(16-21(19)32-3)23-22(24(29)20-7-5-17(2)35-20)25(30)26(31)28(23)10-9-27-11-14-33-15-12-27/h5-8,16,23,30H,4,9-15H2,1-3H3/t23-/m1/s1. The van der Waals surface area contributed by atoms with Crippen molar-refractivity contribution in [2.24, 2.45) is 0 Å². The smallest absolute Gasteiger partial charge is 0.290 e. The number of amides is 1. The number of aliphatic hydroxyl groups excluding tert-OH is 1. The Labute approximate surface area is 204 Å². The van der Waals surface area contributed by atoms with Gasteiger partial charge in [0.05, 0.1) is 38.5 Å². The Bertz CT molecular complexity index is 1100. The zero-order valence-electron chi connectivity index (χ0n) is 20.4. The first-order valence-corrected chi connectivity index (χ1v) is 11.9. The summed E-state index contributed by atoms with van der Waals surface area (Å²) in [6, 6.07) is 7.75. The third kappa shape index (κ3) is 5.21. The first-order chi connectivity index (χ1) is 16.9. The number of methoxy groups -OCH3 is 1. The molecule has 2 aliphatic heterocycles. The van der Waals surface area contributed by atoms with Gasteiger partial charge in [0.15, 0.2) is 23.0 Å². The highest BCUT2D eigenvalue weighted by Crippen LogP contribution is 2.41. The van der Waals surface area contributed by atoms with Gasteiger partial charge >= 0.3 is 0 Å². The molecule has 35 heavy (non-hydrogen) atoms. The van der Waals surface area contributed by atoms with Crippen LogP contribution in [0.15, 0.2) is 46.1 Å². The zero-order chi connectivity index (χ0) is 24.9. The third-order valence-electron chi connectivity index (χ3n) is 6.24. The number of rotatable bonds is 10. The highest BCUT2D eigenvalue weighted by Gasteiger charge is 2.44. The Hall–Kier alpha value is -3.30. The number of carbonyl (C=O) groups is 2. The molecule has 9 heteroatoms. The molecule has 2 aliphatic rings. The predicted molar refractivity (Wildman–Crippen MR) is 128 cm³/mol. The number of Topliss-reactive ketones (excluding diaryl/α,β-unsaturated/α-hetero) is 1. The molecule has 1 aromatic carbocycles. The van der Waals surface area contributed by atoms with Crippen LogP contribution in [-0.4, -0.2) is 79.7 Å². The van der Waals surface area contributed by atoms with Gasteiger partial charge in [0.1, 0.15) is 5.76 Å². The highest BCUT2D eigenvalue weighted by molar-refractivity contribution is 6.15. The lowest BCUT2D eigenvalue weighted by atomic mass is 9.94. The molecule has 0 spiro atoms. The lowest BCUT2D eigenvalue weighted by Crippen LogP contribution is -2.43. The van der Waals surface area contributed by atoms with Gasteiger partial charge < -0.3 is 28.6 Å². The van der Waals surface area contributed by atoms with Gasteiger partial charge in [-0.3, -0.25) is 14.5 Å². The van der Waals surface area contributed by atoms with Crippen LogP contribution in [-0.2, 0) is 9.53 Å². The second kappa shape index (κ2) is 11.0. The summed E-state index contributed by atoms with van der Waals surface area (Å²) in [6.45, 7) is 8.01. The van der Waals surface area contributed by atoms with Crippen molar-refractivity contribution >= 4 is 11.7 Å². The van der Waals surface area contributed by atoms with Gasteiger partial charge in [-0.1, -0.05) is 13.0 Å². The minimum Gasteiger partial charge on any atom is -0.503 e. The van der Waals surface area contributed by atoms with Crippen molar-refractivity contribution in [3.05, 3.63) is 58.7 Å². The van der Waals surface area contributed by atoms with Gasteiger partial charge in [-0.25, -0.2) is 0 Å². The van der Waals surface area contributed by atoms with Crippen molar-refractivity contribution in [1.29, 1.82) is 0 Å². The maximum Gasteiger partial charge on any atom is 0.290 e. The van der Waals surface area contributed by atoms with E-state index in [4.69, 9.17) is 18.6 Å². The Balaban J connectivity index is 1.70. The molecule has 1 N–H and O–H groups in total. The van der Waals surface area contributed by atoms with E-state index in [-0.39, 0.29) is 11.3 Å². The van der Waals surface area contributed by atoms with Crippen molar-refractivity contribution in [3.8, 4) is 11.5 Å². The number of hydrogen-bond donors (Lipinski definition) is 1. The van der Waals surface area contributed by atoms with E-state index in [0.29, 0.717) is 55.7 Å². The van der Waals surface area contributed by atoms with Gasteiger partial charge in [-0.2, -0.15) is 0 Å². The minimum absolute atomic E-state index is 0.00407. The molecule has 0 radical (unpaired) electrons. The van der Waals surface area contributed by atoms with Crippen LogP contribution in [0.3, 0.4) is 0 Å². The van der Waals surface area contributed by atoms with E-state index >= 15 is 0 Å². The topological polar surface area (TPSA) is 102 Å². The number of furan rings is 1. The largest absolute Gasteiger partial charge is 0.503 e. The van der Waals surface area contributed by atoms with Crippen LogP contribution in [0.1, 0.15) is 41.3 Å². The number of carbonyl (C=O) groups excluding carboxylic acids is 2. The summed E-state index contributed by atoms with van der Waals surface area (Å²) >= 11 is 0. The molecule has 0 unspecified atom stereocenters. The molecule has 188 valence electrons. The molecule has 9 nitrogen and oxygen atoms in total. The van der Waals surface area contributed by atoms with Gasteiger partial charge in [0, 0.05) is 26.2 Å². The molecular formula is C26H32N2O7. The van der Waals surface area contributed by atoms with E-state index in [1.54, 1.807) is 44.4 Å². The fraction of sp³-hybridized carbons (Fsp3) is 0.462. The highest BCUT2D eigenvalue weighted by atomic mass is 16.5. The maximum atomic E-state index is 13.4. The quantitative estimate of drug-likeness (QED) is 0.513. The molecule has 1 atom stereocenters. The van der Waals surface area contributed by atoms with Crippen molar-refractivity contribution < 1.29 is 33.3 Å². The van der Waals surface area contributed by atoms with Gasteiger partial charge in [-0.05, 0) is 43.2 Å². The maximum absolute atomic E-state index is 13.4. The summed E-state index contributed by atoms with van der Waals surface area (Å²) in [5, 5.41) is 10.9. The molecule has 4 rings (SSSR count). The summed E-state index contributed by atoms with van der Waals surface area (Å²) in [4.78, 5) is 30.4. The second-order valence-electron chi connectivity index (χ2n) is 8.62. The predicted octanol–water partition coefficient (Wildman–Crippen LogP) is 3.30. The van der Waals surface area contributed by atoms with Gasteiger partial charge in [-0.15, -0.1) is 0 Å². The SMILES string of the molecule is CCCOc1ccc([C@@H]2C(C(=O)c3ccc(C)o3)=C(O)C(=O)N2CCN2CCOCC2)cc1OC. The van der Waals surface area contributed by atoms with Crippen molar-refractivity contribution in [2.75, 3.05) is 53.1 Å². The third-order valence-corrected chi connectivity index (χ3v) is 6.24. The Morgan fingerprint density at radius 2 is 1.91 bits per heavy atom. The summed E-state index contributed by atoms with van der Waals surface area (Å²) in [5.41, 5.74) is 0.632. The molecule has 3 heterocycles. The average molecular weight is 485 g/mol. The molecule has 2 aromatic rings. The van der Waals surface area contributed by atoms with Gasteiger partial charge in [0.25, 0.3) is 5.91 Å². The Morgan fingerprint density at radius 1 is 1.14 bits per heavy atom. The number of benzene rings is 1. The van der Waals surface area contributed by atoms with Crippen LogP contribution in [0.25, 0.3) is 0 Å². The Kier molecular flexibility index (Phi) is 7.77. The van der Waals surface area contributed by atoms with Crippen molar-refractivity contribution in [3.63, 3.8) is 0 Å². The molecule has 1 saturated heterocycles. The van der Waals surface area contributed by atoms with Crippen LogP contribution in [0.4, 0.5) is 0 Å². The first kappa shape index (κ1) is 24.8. The van der Waals surface area contributed by atoms with E-state index < -0.39 is 23.5 Å². The van der Waals surface area contributed by atoms with Crippen LogP contribution >= 0.6 is 0 Å². The number of ketones is 1. The molecule has 0 aliphatic carbocycles. The molecule has 1 aromatic heterocycles. The number of aryl methyl sites for hydroxylation is 1. The summed E-state index contributed by atoms with van der Waals surface area (Å²) in [7, 11) is 1.54. The van der Waals surface area contributed by atoms with Crippen LogP contribution in [0.5, 0.6) is 11.5 Å². The lowest BCUT2D eigenvalue weighted by Gasteiger charge is -2.31. The molecule has 0 bridgehead atoms. The van der Waals surface area contributed by atoms with E-state index in [0.717, 1.165) is 19.5 Å². The number of hydrogen-bond acceptors (Lipinski definition) is 8. The fourth-order valence-electron chi connectivity index (χ4n) is 4.41. The van der Waals surface area contributed by atoms with Gasteiger partial charge in [0.2, 0.25) is 5.78 Å². The first-order valence-electron chi connectivity index (χ1n) is 11.9. The van der Waals surface area contributed by atoms with Crippen molar-refractivity contribution in [2.45, 2.75) is 26.3 Å². The molecule has 1 fully saturated rings. The van der Waals surface area contributed by atoms with Crippen molar-refractivity contribution in [1.82, 2.24) is 9.80 Å². The number of nitrogens with zero attached hydrogens (tertiary/aromatic N) is 2. The molecule has 0 saturated carbocycles. The van der Waals surface area contributed by atoms with E-state index in [2.05, 4.69) is 4.90 Å². The van der Waals surface area contributed by atoms with Crippen LogP contribution in [0, 0.1) is 6.92 Å². The Morgan fingerprint density at radius 3 is 2.57 bits per heavy atom. The number of aliphatic hydroxyl groups is 1. The van der Waals surface area contributed by atoms with E-state index in [9.17, 15) is 14.7 Å². The minimum atomic E-state index is -0.796.